The molecule has 0 bridgehead atoms. The normalized spacial score (nSPS) is 13.4. The molecule has 5 heteroatoms. The van der Waals surface area contributed by atoms with Crippen LogP contribution in [0.4, 0.5) is 5.13 Å². The molecule has 18 heavy (non-hydrogen) atoms. The maximum Gasteiger partial charge on any atom is 0.257 e. The Morgan fingerprint density at radius 3 is 3.06 bits per heavy atom. The van der Waals surface area contributed by atoms with Crippen LogP contribution in [0.5, 0.6) is 0 Å². The number of hydrogen-bond acceptors (Lipinski definition) is 4. The van der Waals surface area contributed by atoms with Gasteiger partial charge in [0.15, 0.2) is 5.13 Å². The summed E-state index contributed by atoms with van der Waals surface area (Å²) in [6.07, 6.45) is 3.31. The SMILES string of the molecule is O=C(Nc1nc2c(s1)CCC2)c1cccc(S)c1. The van der Waals surface area contributed by atoms with E-state index in [-0.39, 0.29) is 5.91 Å². The highest BCUT2D eigenvalue weighted by atomic mass is 32.1. The Morgan fingerprint density at radius 2 is 2.28 bits per heavy atom. The molecule has 1 aromatic heterocycles. The van der Waals surface area contributed by atoms with Crippen LogP contribution in [0.3, 0.4) is 0 Å². The minimum Gasteiger partial charge on any atom is -0.298 e. The van der Waals surface area contributed by atoms with Gasteiger partial charge in [0.1, 0.15) is 0 Å². The van der Waals surface area contributed by atoms with E-state index < -0.39 is 0 Å². The molecule has 2 aromatic rings. The summed E-state index contributed by atoms with van der Waals surface area (Å²) in [6.45, 7) is 0. The van der Waals surface area contributed by atoms with E-state index in [1.165, 1.54) is 11.3 Å². The number of nitrogens with zero attached hydrogens (tertiary/aromatic N) is 1. The third-order valence-electron chi connectivity index (χ3n) is 2.92. The van der Waals surface area contributed by atoms with E-state index in [0.717, 1.165) is 23.4 Å². The molecule has 0 unspecified atom stereocenters. The van der Waals surface area contributed by atoms with Gasteiger partial charge in [-0.15, -0.1) is 24.0 Å². The number of thiol groups is 1. The van der Waals surface area contributed by atoms with Crippen molar-refractivity contribution in [3.8, 4) is 0 Å². The summed E-state index contributed by atoms with van der Waals surface area (Å²) >= 11 is 5.81. The van der Waals surface area contributed by atoms with Gasteiger partial charge in [0.25, 0.3) is 5.91 Å². The highest BCUT2D eigenvalue weighted by molar-refractivity contribution is 7.80. The molecule has 3 nitrogen and oxygen atoms in total. The molecule has 0 aliphatic heterocycles. The van der Waals surface area contributed by atoms with E-state index in [9.17, 15) is 4.79 Å². The zero-order chi connectivity index (χ0) is 12.5. The van der Waals surface area contributed by atoms with Crippen molar-refractivity contribution < 1.29 is 4.79 Å². The van der Waals surface area contributed by atoms with Crippen LogP contribution in [0.1, 0.15) is 27.3 Å². The predicted molar refractivity (Wildman–Crippen MR) is 75.8 cm³/mol. The number of carbonyl (C=O) groups excluding carboxylic acids is 1. The number of benzene rings is 1. The van der Waals surface area contributed by atoms with E-state index in [0.29, 0.717) is 10.7 Å². The quantitative estimate of drug-likeness (QED) is 0.827. The van der Waals surface area contributed by atoms with Gasteiger partial charge in [0.2, 0.25) is 0 Å². The first-order valence-corrected chi connectivity index (χ1v) is 7.08. The maximum absolute atomic E-state index is 12.0. The highest BCUT2D eigenvalue weighted by Crippen LogP contribution is 2.30. The minimum absolute atomic E-state index is 0.127. The molecule has 0 atom stereocenters. The molecule has 0 saturated heterocycles. The van der Waals surface area contributed by atoms with Gasteiger partial charge in [-0.3, -0.25) is 10.1 Å². The van der Waals surface area contributed by atoms with Crippen LogP contribution in [0, 0.1) is 0 Å². The summed E-state index contributed by atoms with van der Waals surface area (Å²) in [5.74, 6) is -0.127. The molecule has 1 heterocycles. The number of aryl methyl sites for hydroxylation is 2. The first kappa shape index (κ1) is 11.7. The minimum atomic E-state index is -0.127. The number of fused-ring (bicyclic) bond motifs is 1. The lowest BCUT2D eigenvalue weighted by molar-refractivity contribution is 0.102. The molecule has 1 aliphatic rings. The molecular formula is C13H12N2OS2. The molecular weight excluding hydrogens is 264 g/mol. The molecule has 0 spiro atoms. The number of aromatic nitrogens is 1. The number of rotatable bonds is 2. The summed E-state index contributed by atoms with van der Waals surface area (Å²) in [7, 11) is 0. The molecule has 92 valence electrons. The average Bonchev–Trinajstić information content (AvgIpc) is 2.89. The van der Waals surface area contributed by atoms with Crippen molar-refractivity contribution in [1.29, 1.82) is 0 Å². The number of hydrogen-bond donors (Lipinski definition) is 2. The zero-order valence-electron chi connectivity index (χ0n) is 9.64. The number of carbonyl (C=O) groups is 1. The number of anilines is 1. The number of thiazole rings is 1. The first-order chi connectivity index (χ1) is 8.72. The lowest BCUT2D eigenvalue weighted by atomic mass is 10.2. The monoisotopic (exact) mass is 276 g/mol. The van der Waals surface area contributed by atoms with Crippen LogP contribution in [0.2, 0.25) is 0 Å². The van der Waals surface area contributed by atoms with Crippen molar-refractivity contribution in [2.24, 2.45) is 0 Å². The molecule has 0 saturated carbocycles. The molecule has 1 aliphatic carbocycles. The van der Waals surface area contributed by atoms with Gasteiger partial charge in [-0.25, -0.2) is 4.98 Å². The fourth-order valence-corrected chi connectivity index (χ4v) is 3.33. The van der Waals surface area contributed by atoms with Crippen molar-refractivity contribution in [1.82, 2.24) is 4.98 Å². The topological polar surface area (TPSA) is 42.0 Å². The number of amides is 1. The van der Waals surface area contributed by atoms with Crippen LogP contribution < -0.4 is 5.32 Å². The highest BCUT2D eigenvalue weighted by Gasteiger charge is 2.18. The molecule has 1 aromatic carbocycles. The summed E-state index contributed by atoms with van der Waals surface area (Å²) in [6, 6.07) is 7.19. The van der Waals surface area contributed by atoms with Gasteiger partial charge < -0.3 is 0 Å². The first-order valence-electron chi connectivity index (χ1n) is 5.81. The molecule has 0 fully saturated rings. The summed E-state index contributed by atoms with van der Waals surface area (Å²) < 4.78 is 0. The fraction of sp³-hybridized carbons (Fsp3) is 0.231. The molecule has 0 radical (unpaired) electrons. The maximum atomic E-state index is 12.0. The van der Waals surface area contributed by atoms with Gasteiger partial charge in [0, 0.05) is 15.3 Å². The van der Waals surface area contributed by atoms with Gasteiger partial charge in [-0.2, -0.15) is 0 Å². The lowest BCUT2D eigenvalue weighted by Gasteiger charge is -2.02. The second kappa shape index (κ2) is 4.74. The summed E-state index contributed by atoms with van der Waals surface area (Å²) in [5.41, 5.74) is 1.76. The molecule has 3 rings (SSSR count). The van der Waals surface area contributed by atoms with Crippen molar-refractivity contribution in [3.05, 3.63) is 40.4 Å². The third kappa shape index (κ3) is 2.28. The molecule has 1 amide bonds. The van der Waals surface area contributed by atoms with E-state index in [1.807, 2.05) is 12.1 Å². The van der Waals surface area contributed by atoms with E-state index in [1.54, 1.807) is 23.5 Å². The van der Waals surface area contributed by atoms with Crippen LogP contribution in [0.25, 0.3) is 0 Å². The Kier molecular flexibility index (Phi) is 3.09. The van der Waals surface area contributed by atoms with Gasteiger partial charge in [0.05, 0.1) is 5.69 Å². The average molecular weight is 276 g/mol. The Labute approximate surface area is 115 Å². The Hall–Kier alpha value is -1.33. The second-order valence-electron chi connectivity index (χ2n) is 4.25. The Balaban J connectivity index is 1.78. The van der Waals surface area contributed by atoms with Gasteiger partial charge in [-0.1, -0.05) is 6.07 Å². The van der Waals surface area contributed by atoms with E-state index >= 15 is 0 Å². The van der Waals surface area contributed by atoms with Crippen LogP contribution in [-0.4, -0.2) is 10.9 Å². The van der Waals surface area contributed by atoms with E-state index in [4.69, 9.17) is 0 Å². The van der Waals surface area contributed by atoms with Crippen molar-refractivity contribution in [2.45, 2.75) is 24.2 Å². The smallest absolute Gasteiger partial charge is 0.257 e. The summed E-state index contributed by atoms with van der Waals surface area (Å²) in [4.78, 5) is 18.6. The van der Waals surface area contributed by atoms with Crippen LogP contribution >= 0.6 is 24.0 Å². The second-order valence-corrected chi connectivity index (χ2v) is 5.85. The van der Waals surface area contributed by atoms with Crippen LogP contribution in [-0.2, 0) is 12.8 Å². The predicted octanol–water partition coefficient (Wildman–Crippen LogP) is 3.17. The van der Waals surface area contributed by atoms with Crippen molar-refractivity contribution in [2.75, 3.05) is 5.32 Å². The van der Waals surface area contributed by atoms with Gasteiger partial charge >= 0.3 is 0 Å². The largest absolute Gasteiger partial charge is 0.298 e. The fourth-order valence-electron chi connectivity index (χ4n) is 2.06. The van der Waals surface area contributed by atoms with Crippen molar-refractivity contribution >= 4 is 35.0 Å². The zero-order valence-corrected chi connectivity index (χ0v) is 11.4. The molecule has 1 N–H and O–H groups in total. The lowest BCUT2D eigenvalue weighted by Crippen LogP contribution is -2.11. The number of nitrogens with one attached hydrogen (secondary N) is 1. The Bertz CT molecular complexity index is 585. The van der Waals surface area contributed by atoms with Crippen LogP contribution in [0.15, 0.2) is 29.2 Å². The summed E-state index contributed by atoms with van der Waals surface area (Å²) in [5, 5.41) is 3.55. The van der Waals surface area contributed by atoms with Crippen molar-refractivity contribution in [3.63, 3.8) is 0 Å². The Morgan fingerprint density at radius 1 is 1.39 bits per heavy atom. The van der Waals surface area contributed by atoms with E-state index in [2.05, 4.69) is 22.9 Å². The third-order valence-corrected chi connectivity index (χ3v) is 4.28. The standard InChI is InChI=1S/C13H12N2OS2/c16-12(8-3-1-4-9(17)7-8)15-13-14-10-5-2-6-11(10)18-13/h1,3-4,7,17H,2,5-6H2,(H,14,15,16). The van der Waals surface area contributed by atoms with Gasteiger partial charge in [-0.05, 0) is 37.5 Å².